The van der Waals surface area contributed by atoms with Crippen LogP contribution in [0.1, 0.15) is 12.8 Å². The number of fused-ring (bicyclic) bond motifs is 1. The first kappa shape index (κ1) is 14.1. The second kappa shape index (κ2) is 5.14. The largest absolute Gasteiger partial charge is 0.481 e. The zero-order valence-electron chi connectivity index (χ0n) is 11.8. The molecule has 1 aromatic heterocycles. The minimum absolute atomic E-state index is 0.230. The number of carboxylic acid groups (broad SMARTS) is 1. The average Bonchev–Trinajstić information content (AvgIpc) is 2.46. The number of benzene rings is 1. The van der Waals surface area contributed by atoms with Gasteiger partial charge in [0, 0.05) is 12.1 Å². The maximum atomic E-state index is 12.4. The number of carboxylic acids is 1. The Labute approximate surface area is 126 Å². The molecule has 3 rings (SSSR count). The molecule has 22 heavy (non-hydrogen) atoms. The van der Waals surface area contributed by atoms with E-state index in [1.165, 1.54) is 10.8 Å². The van der Waals surface area contributed by atoms with Gasteiger partial charge in [-0.3, -0.25) is 14.2 Å². The second-order valence-corrected chi connectivity index (χ2v) is 5.37. The first-order valence-electron chi connectivity index (χ1n) is 6.85. The maximum absolute atomic E-state index is 12.4. The standard InChI is InChI=1S/C16H15N3O3/c17-11-4-3-7-16(8-11,9-15(21)22)19-13-6-2-1-5-12(13)18-10-14(19)20/h1-7,10H,8-9,17H2,(H,21,22). The summed E-state index contributed by atoms with van der Waals surface area (Å²) in [5, 5.41) is 9.32. The van der Waals surface area contributed by atoms with E-state index in [0.29, 0.717) is 16.7 Å². The lowest BCUT2D eigenvalue weighted by Gasteiger charge is -2.34. The lowest BCUT2D eigenvalue weighted by molar-refractivity contribution is -0.138. The molecule has 0 saturated carbocycles. The van der Waals surface area contributed by atoms with Gasteiger partial charge in [0.15, 0.2) is 0 Å². The van der Waals surface area contributed by atoms with Crippen LogP contribution in [-0.4, -0.2) is 20.6 Å². The van der Waals surface area contributed by atoms with Crippen molar-refractivity contribution in [1.82, 2.24) is 9.55 Å². The van der Waals surface area contributed by atoms with Crippen molar-refractivity contribution in [3.63, 3.8) is 0 Å². The third-order valence-electron chi connectivity index (χ3n) is 3.79. The van der Waals surface area contributed by atoms with E-state index in [4.69, 9.17) is 5.73 Å². The van der Waals surface area contributed by atoms with E-state index in [9.17, 15) is 14.7 Å². The molecule has 1 aliphatic carbocycles. The summed E-state index contributed by atoms with van der Waals surface area (Å²) in [5.41, 5.74) is 6.30. The number of allylic oxidation sites excluding steroid dienone is 4. The second-order valence-electron chi connectivity index (χ2n) is 5.37. The Balaban J connectivity index is 2.32. The molecule has 1 atom stereocenters. The first-order chi connectivity index (χ1) is 10.5. The van der Waals surface area contributed by atoms with Crippen LogP contribution in [0.15, 0.2) is 59.2 Å². The van der Waals surface area contributed by atoms with Crippen molar-refractivity contribution >= 4 is 17.0 Å². The van der Waals surface area contributed by atoms with Crippen LogP contribution in [0.4, 0.5) is 0 Å². The molecule has 0 aliphatic heterocycles. The number of hydrogen-bond donors (Lipinski definition) is 2. The van der Waals surface area contributed by atoms with Crippen LogP contribution in [0.2, 0.25) is 0 Å². The number of aliphatic carboxylic acids is 1. The number of nitrogens with two attached hydrogens (primary N) is 1. The number of carbonyl (C=O) groups is 1. The maximum Gasteiger partial charge on any atom is 0.306 e. The van der Waals surface area contributed by atoms with Crippen molar-refractivity contribution in [1.29, 1.82) is 0 Å². The van der Waals surface area contributed by atoms with Gasteiger partial charge in [0.05, 0.1) is 29.2 Å². The first-order valence-corrected chi connectivity index (χ1v) is 6.85. The molecule has 0 fully saturated rings. The Morgan fingerprint density at radius 2 is 2.18 bits per heavy atom. The van der Waals surface area contributed by atoms with E-state index in [1.54, 1.807) is 36.4 Å². The molecule has 0 amide bonds. The van der Waals surface area contributed by atoms with Crippen molar-refractivity contribution in [3.8, 4) is 0 Å². The normalized spacial score (nSPS) is 20.8. The SMILES string of the molecule is NC1=CC=CC(CC(=O)O)(n2c(=O)cnc3ccccc32)C1. The van der Waals surface area contributed by atoms with Gasteiger partial charge in [-0.15, -0.1) is 0 Å². The molecule has 0 radical (unpaired) electrons. The Bertz CT molecular complexity index is 862. The Morgan fingerprint density at radius 1 is 1.41 bits per heavy atom. The van der Waals surface area contributed by atoms with E-state index in [0.717, 1.165) is 0 Å². The molecule has 0 saturated heterocycles. The summed E-state index contributed by atoms with van der Waals surface area (Å²) in [6.07, 6.45) is 6.40. The van der Waals surface area contributed by atoms with Gasteiger partial charge < -0.3 is 10.8 Å². The van der Waals surface area contributed by atoms with Gasteiger partial charge in [-0.05, 0) is 18.2 Å². The van der Waals surface area contributed by atoms with Crippen molar-refractivity contribution in [2.75, 3.05) is 0 Å². The van der Waals surface area contributed by atoms with Crippen molar-refractivity contribution < 1.29 is 9.90 Å². The minimum Gasteiger partial charge on any atom is -0.481 e. The molecule has 112 valence electrons. The fourth-order valence-corrected chi connectivity index (χ4v) is 2.96. The van der Waals surface area contributed by atoms with Gasteiger partial charge in [0.25, 0.3) is 5.56 Å². The minimum atomic E-state index is -1.02. The predicted molar refractivity (Wildman–Crippen MR) is 82.3 cm³/mol. The monoisotopic (exact) mass is 297 g/mol. The molecule has 3 N–H and O–H groups in total. The lowest BCUT2D eigenvalue weighted by atomic mass is 9.85. The quantitative estimate of drug-likeness (QED) is 0.891. The van der Waals surface area contributed by atoms with E-state index < -0.39 is 11.5 Å². The zero-order valence-corrected chi connectivity index (χ0v) is 11.8. The highest BCUT2D eigenvalue weighted by atomic mass is 16.4. The van der Waals surface area contributed by atoms with Gasteiger partial charge in [0.2, 0.25) is 0 Å². The molecule has 1 aromatic carbocycles. The number of aromatic nitrogens is 2. The van der Waals surface area contributed by atoms with Gasteiger partial charge in [0.1, 0.15) is 0 Å². The molecular formula is C16H15N3O3. The fraction of sp³-hybridized carbons (Fsp3) is 0.188. The van der Waals surface area contributed by atoms with Gasteiger partial charge in [-0.25, -0.2) is 4.98 Å². The molecule has 6 heteroatoms. The molecule has 0 spiro atoms. The van der Waals surface area contributed by atoms with Crippen LogP contribution >= 0.6 is 0 Å². The van der Waals surface area contributed by atoms with Gasteiger partial charge in [-0.1, -0.05) is 24.3 Å². The van der Waals surface area contributed by atoms with Crippen LogP contribution < -0.4 is 11.3 Å². The Kier molecular flexibility index (Phi) is 3.29. The van der Waals surface area contributed by atoms with E-state index >= 15 is 0 Å². The van der Waals surface area contributed by atoms with Gasteiger partial charge in [-0.2, -0.15) is 0 Å². The van der Waals surface area contributed by atoms with Crippen LogP contribution in [0, 0.1) is 0 Å². The van der Waals surface area contributed by atoms with Crippen LogP contribution in [-0.2, 0) is 10.3 Å². The predicted octanol–water partition coefficient (Wildman–Crippen LogP) is 1.37. The molecule has 1 aliphatic rings. The van der Waals surface area contributed by atoms with E-state index in [2.05, 4.69) is 4.98 Å². The smallest absolute Gasteiger partial charge is 0.306 e. The summed E-state index contributed by atoms with van der Waals surface area (Å²) in [4.78, 5) is 27.9. The summed E-state index contributed by atoms with van der Waals surface area (Å²) in [6, 6.07) is 7.15. The number of hydrogen-bond acceptors (Lipinski definition) is 4. The lowest BCUT2D eigenvalue weighted by Crippen LogP contribution is -2.43. The molecular weight excluding hydrogens is 282 g/mol. The average molecular weight is 297 g/mol. The molecule has 0 bridgehead atoms. The summed E-state index contributed by atoms with van der Waals surface area (Å²) < 4.78 is 1.49. The number of para-hydroxylation sites is 2. The third kappa shape index (κ3) is 2.28. The van der Waals surface area contributed by atoms with E-state index in [1.807, 2.05) is 6.07 Å². The zero-order chi connectivity index (χ0) is 15.7. The van der Waals surface area contributed by atoms with E-state index in [-0.39, 0.29) is 18.4 Å². The fourth-order valence-electron chi connectivity index (χ4n) is 2.96. The molecule has 1 heterocycles. The van der Waals surface area contributed by atoms with Crippen LogP contribution in [0.3, 0.4) is 0 Å². The molecule has 6 nitrogen and oxygen atoms in total. The summed E-state index contributed by atoms with van der Waals surface area (Å²) >= 11 is 0. The van der Waals surface area contributed by atoms with Crippen LogP contribution in [0.5, 0.6) is 0 Å². The summed E-state index contributed by atoms with van der Waals surface area (Å²) in [6.45, 7) is 0. The highest BCUT2D eigenvalue weighted by molar-refractivity contribution is 5.76. The van der Waals surface area contributed by atoms with Gasteiger partial charge >= 0.3 is 5.97 Å². The van der Waals surface area contributed by atoms with Crippen LogP contribution in [0.25, 0.3) is 11.0 Å². The van der Waals surface area contributed by atoms with Crippen molar-refractivity contribution in [3.05, 3.63) is 64.7 Å². The molecule has 1 unspecified atom stereocenters. The Hall–Kier alpha value is -2.89. The highest BCUT2D eigenvalue weighted by Crippen LogP contribution is 2.33. The Morgan fingerprint density at radius 3 is 2.91 bits per heavy atom. The highest BCUT2D eigenvalue weighted by Gasteiger charge is 2.36. The third-order valence-corrected chi connectivity index (χ3v) is 3.79. The topological polar surface area (TPSA) is 98.2 Å². The summed E-state index contributed by atoms with van der Waals surface area (Å²) in [7, 11) is 0. The number of nitrogens with zero attached hydrogens (tertiary/aromatic N) is 2. The van der Waals surface area contributed by atoms with Crippen molar-refractivity contribution in [2.45, 2.75) is 18.4 Å². The number of rotatable bonds is 3. The molecule has 2 aromatic rings. The van der Waals surface area contributed by atoms with Crippen molar-refractivity contribution in [2.24, 2.45) is 5.73 Å². The summed E-state index contributed by atoms with van der Waals surface area (Å²) in [5.74, 6) is -0.993.